The zero-order chi connectivity index (χ0) is 18.0. The number of piperidine rings is 1. The number of aryl methyl sites for hydroxylation is 1. The van der Waals surface area contributed by atoms with Crippen molar-refractivity contribution < 1.29 is 13.3 Å². The predicted octanol–water partition coefficient (Wildman–Crippen LogP) is 0.991. The van der Waals surface area contributed by atoms with Crippen molar-refractivity contribution in [1.29, 1.82) is 0 Å². The highest BCUT2D eigenvalue weighted by Gasteiger charge is 2.28. The number of benzene rings is 1. The van der Waals surface area contributed by atoms with Gasteiger partial charge in [0.05, 0.1) is 4.92 Å². The van der Waals surface area contributed by atoms with Crippen molar-refractivity contribution in [3.8, 4) is 0 Å². The Morgan fingerprint density at radius 1 is 1.32 bits per heavy atom. The summed E-state index contributed by atoms with van der Waals surface area (Å²) in [7, 11) is -2.58. The number of aromatic nitrogens is 3. The molecule has 0 amide bonds. The maximum Gasteiger partial charge on any atom is 0.289 e. The van der Waals surface area contributed by atoms with Crippen molar-refractivity contribution in [2.75, 3.05) is 17.8 Å². The lowest BCUT2D eigenvalue weighted by atomic mass is 9.98. The van der Waals surface area contributed by atoms with Crippen LogP contribution >= 0.6 is 0 Å². The molecule has 1 fully saturated rings. The maximum absolute atomic E-state index is 12.6. The Labute approximate surface area is 144 Å². The van der Waals surface area contributed by atoms with Crippen LogP contribution in [0.1, 0.15) is 24.6 Å². The first-order valence-corrected chi connectivity index (χ1v) is 9.24. The second kappa shape index (κ2) is 6.76. The molecule has 0 unspecified atom stereocenters. The average Bonchev–Trinajstić information content (AvgIpc) is 2.96. The van der Waals surface area contributed by atoms with Crippen LogP contribution in [0.2, 0.25) is 0 Å². The lowest BCUT2D eigenvalue weighted by Crippen LogP contribution is -2.27. The van der Waals surface area contributed by atoms with E-state index in [9.17, 15) is 18.5 Å². The Bertz CT molecular complexity index is 888. The molecule has 10 nitrogen and oxygen atoms in total. The van der Waals surface area contributed by atoms with Crippen LogP contribution in [0.3, 0.4) is 0 Å². The molecule has 1 aromatic heterocycles. The van der Waals surface area contributed by atoms with Crippen LogP contribution in [0, 0.1) is 10.1 Å². The number of hydrogen-bond donors (Lipinski definition) is 2. The van der Waals surface area contributed by atoms with E-state index in [1.807, 2.05) is 0 Å². The standard InChI is InChI=1S/C14H18N6O4S/c1-19-14(16-13(17-19)10-6-8-15-9-7-10)18-25(23,24)12-5-3-2-4-11(12)20(21)22/h2-5,10,15H,6-9H2,1H3,(H,16,17,18). The smallest absolute Gasteiger partial charge is 0.289 e. The number of hydrogen-bond acceptors (Lipinski definition) is 7. The normalized spacial score (nSPS) is 15.9. The summed E-state index contributed by atoms with van der Waals surface area (Å²) < 4.78 is 28.8. The van der Waals surface area contributed by atoms with Crippen molar-refractivity contribution in [2.24, 2.45) is 7.05 Å². The highest BCUT2D eigenvalue weighted by Crippen LogP contribution is 2.26. The zero-order valence-electron chi connectivity index (χ0n) is 13.5. The van der Waals surface area contributed by atoms with Crippen LogP contribution in [0.4, 0.5) is 11.6 Å². The fourth-order valence-corrected chi connectivity index (χ4v) is 3.96. The van der Waals surface area contributed by atoms with Gasteiger partial charge in [-0.1, -0.05) is 12.1 Å². The number of nitrogens with one attached hydrogen (secondary N) is 2. The molecule has 0 radical (unpaired) electrons. The molecule has 1 saturated heterocycles. The van der Waals surface area contributed by atoms with Crippen LogP contribution in [-0.4, -0.2) is 41.2 Å². The number of nitro groups is 1. The van der Waals surface area contributed by atoms with E-state index >= 15 is 0 Å². The molecule has 0 atom stereocenters. The third-order valence-electron chi connectivity index (χ3n) is 4.06. The van der Waals surface area contributed by atoms with Gasteiger partial charge in [0.1, 0.15) is 0 Å². The van der Waals surface area contributed by atoms with Gasteiger partial charge < -0.3 is 5.32 Å². The quantitative estimate of drug-likeness (QED) is 0.595. The Morgan fingerprint density at radius 2 is 2.00 bits per heavy atom. The van der Waals surface area contributed by atoms with Gasteiger partial charge in [-0.2, -0.15) is 10.1 Å². The fourth-order valence-electron chi connectivity index (χ4n) is 2.76. The number of nitro benzene ring substituents is 1. The van der Waals surface area contributed by atoms with Crippen molar-refractivity contribution in [2.45, 2.75) is 23.7 Å². The van der Waals surface area contributed by atoms with Gasteiger partial charge in [0, 0.05) is 19.0 Å². The largest absolute Gasteiger partial charge is 0.317 e. The Balaban J connectivity index is 1.89. The summed E-state index contributed by atoms with van der Waals surface area (Å²) in [6.07, 6.45) is 1.75. The summed E-state index contributed by atoms with van der Waals surface area (Å²) in [6.45, 7) is 1.72. The van der Waals surface area contributed by atoms with E-state index in [2.05, 4.69) is 20.1 Å². The van der Waals surface area contributed by atoms with E-state index in [0.717, 1.165) is 32.0 Å². The molecule has 1 aliphatic rings. The van der Waals surface area contributed by atoms with E-state index in [4.69, 9.17) is 0 Å². The highest BCUT2D eigenvalue weighted by atomic mass is 32.2. The summed E-state index contributed by atoms with van der Waals surface area (Å²) in [5, 5.41) is 18.6. The minimum Gasteiger partial charge on any atom is -0.317 e. The number of nitrogens with zero attached hydrogens (tertiary/aromatic N) is 4. The third-order valence-corrected chi connectivity index (χ3v) is 5.44. The minimum atomic E-state index is -4.16. The second-order valence-electron chi connectivity index (χ2n) is 5.77. The first kappa shape index (κ1) is 17.3. The van der Waals surface area contributed by atoms with Gasteiger partial charge in [-0.3, -0.25) is 10.1 Å². The molecule has 1 aromatic carbocycles. The van der Waals surface area contributed by atoms with Gasteiger partial charge >= 0.3 is 0 Å². The summed E-state index contributed by atoms with van der Waals surface area (Å²) in [5.74, 6) is 0.771. The van der Waals surface area contributed by atoms with Gasteiger partial charge in [-0.15, -0.1) is 0 Å². The maximum atomic E-state index is 12.6. The van der Waals surface area contributed by atoms with Crippen LogP contribution in [0.5, 0.6) is 0 Å². The first-order valence-electron chi connectivity index (χ1n) is 7.76. The highest BCUT2D eigenvalue weighted by molar-refractivity contribution is 7.92. The molecule has 2 aromatic rings. The molecule has 0 spiro atoms. The summed E-state index contributed by atoms with van der Waals surface area (Å²) >= 11 is 0. The number of rotatable bonds is 5. The number of para-hydroxylation sites is 1. The van der Waals surface area contributed by atoms with Crippen molar-refractivity contribution in [3.63, 3.8) is 0 Å². The lowest BCUT2D eigenvalue weighted by Gasteiger charge is -2.19. The van der Waals surface area contributed by atoms with Crippen LogP contribution in [-0.2, 0) is 17.1 Å². The van der Waals surface area contributed by atoms with Gasteiger partial charge in [0.15, 0.2) is 10.7 Å². The second-order valence-corrected chi connectivity index (χ2v) is 7.42. The molecule has 2 heterocycles. The third kappa shape index (κ3) is 3.61. The van der Waals surface area contributed by atoms with Gasteiger partial charge in [0.25, 0.3) is 15.7 Å². The van der Waals surface area contributed by atoms with Crippen molar-refractivity contribution >= 4 is 21.7 Å². The topological polar surface area (TPSA) is 132 Å². The van der Waals surface area contributed by atoms with E-state index in [-0.39, 0.29) is 11.9 Å². The zero-order valence-corrected chi connectivity index (χ0v) is 14.4. The molecule has 2 N–H and O–H groups in total. The minimum absolute atomic E-state index is 0.0340. The molecule has 0 saturated carbocycles. The number of sulfonamides is 1. The molecule has 0 bridgehead atoms. The molecule has 1 aliphatic heterocycles. The Kier molecular flexibility index (Phi) is 4.68. The lowest BCUT2D eigenvalue weighted by molar-refractivity contribution is -0.387. The summed E-state index contributed by atoms with van der Waals surface area (Å²) in [4.78, 5) is 14.2. The van der Waals surface area contributed by atoms with Crippen LogP contribution < -0.4 is 10.0 Å². The molecule has 134 valence electrons. The average molecular weight is 366 g/mol. The van der Waals surface area contributed by atoms with Gasteiger partial charge in [-0.25, -0.2) is 17.8 Å². The Hall–Kier alpha value is -2.53. The van der Waals surface area contributed by atoms with Gasteiger partial charge in [-0.05, 0) is 32.0 Å². The van der Waals surface area contributed by atoms with E-state index in [0.29, 0.717) is 5.82 Å². The van der Waals surface area contributed by atoms with E-state index < -0.39 is 25.5 Å². The molecule has 3 rings (SSSR count). The Morgan fingerprint density at radius 3 is 2.68 bits per heavy atom. The van der Waals surface area contributed by atoms with E-state index in [1.54, 1.807) is 7.05 Å². The molecule has 11 heteroatoms. The SMILES string of the molecule is Cn1nc(C2CCNCC2)nc1NS(=O)(=O)c1ccccc1[N+](=O)[O-]. The van der Waals surface area contributed by atoms with Crippen LogP contribution in [0.15, 0.2) is 29.2 Å². The van der Waals surface area contributed by atoms with Crippen molar-refractivity contribution in [1.82, 2.24) is 20.1 Å². The molecular weight excluding hydrogens is 348 g/mol. The summed E-state index contributed by atoms with van der Waals surface area (Å²) in [6, 6.07) is 5.17. The predicted molar refractivity (Wildman–Crippen MR) is 89.8 cm³/mol. The molecule has 0 aliphatic carbocycles. The summed E-state index contributed by atoms with van der Waals surface area (Å²) in [5.41, 5.74) is -0.490. The molecule has 25 heavy (non-hydrogen) atoms. The van der Waals surface area contributed by atoms with Gasteiger partial charge in [0.2, 0.25) is 5.95 Å². The monoisotopic (exact) mass is 366 g/mol. The first-order chi connectivity index (χ1) is 11.9. The number of anilines is 1. The van der Waals surface area contributed by atoms with Crippen LogP contribution in [0.25, 0.3) is 0 Å². The van der Waals surface area contributed by atoms with Crippen molar-refractivity contribution in [3.05, 3.63) is 40.2 Å². The molecular formula is C14H18N6O4S. The van der Waals surface area contributed by atoms with E-state index in [1.165, 1.54) is 22.9 Å². The fraction of sp³-hybridized carbons (Fsp3) is 0.429.